The summed E-state index contributed by atoms with van der Waals surface area (Å²) < 4.78 is 45.7. The first-order valence-electron chi connectivity index (χ1n) is 7.64. The van der Waals surface area contributed by atoms with Crippen molar-refractivity contribution in [3.05, 3.63) is 47.9 Å². The molecule has 128 valence electrons. The Morgan fingerprint density at radius 2 is 2.04 bits per heavy atom. The van der Waals surface area contributed by atoms with E-state index in [4.69, 9.17) is 4.74 Å². The lowest BCUT2D eigenvalue weighted by Gasteiger charge is -2.17. The van der Waals surface area contributed by atoms with E-state index < -0.39 is 15.8 Å². The third kappa shape index (κ3) is 3.54. The average molecular weight is 351 g/mol. The van der Waals surface area contributed by atoms with Gasteiger partial charge in [0.1, 0.15) is 10.7 Å². The van der Waals surface area contributed by atoms with Gasteiger partial charge in [0.05, 0.1) is 12.3 Å². The van der Waals surface area contributed by atoms with Gasteiger partial charge in [-0.05, 0) is 31.5 Å². The van der Waals surface area contributed by atoms with Crippen LogP contribution in [0.25, 0.3) is 0 Å². The monoisotopic (exact) mass is 351 g/mol. The van der Waals surface area contributed by atoms with E-state index in [9.17, 15) is 12.8 Å². The van der Waals surface area contributed by atoms with Gasteiger partial charge in [0.15, 0.2) is 0 Å². The molecule has 0 saturated carbocycles. The molecule has 0 spiro atoms. The molecule has 0 radical (unpaired) electrons. The Morgan fingerprint density at radius 1 is 1.25 bits per heavy atom. The maximum atomic E-state index is 13.8. The lowest BCUT2D eigenvalue weighted by Crippen LogP contribution is -2.30. The van der Waals surface area contributed by atoms with Crippen LogP contribution in [0.2, 0.25) is 0 Å². The Kier molecular flexibility index (Phi) is 4.77. The zero-order valence-corrected chi connectivity index (χ0v) is 14.0. The van der Waals surface area contributed by atoms with E-state index in [0.717, 1.165) is 11.8 Å². The summed E-state index contributed by atoms with van der Waals surface area (Å²) in [7, 11) is -3.82. The van der Waals surface area contributed by atoms with Crippen molar-refractivity contribution in [1.29, 1.82) is 0 Å². The summed E-state index contributed by atoms with van der Waals surface area (Å²) in [5, 5.41) is 7.82. The number of halogens is 1. The minimum absolute atomic E-state index is 0.0367. The fourth-order valence-electron chi connectivity index (χ4n) is 2.61. The molecule has 0 N–H and O–H groups in total. The number of rotatable bonds is 5. The summed E-state index contributed by atoms with van der Waals surface area (Å²) in [5.41, 5.74) is 0.797. The normalized spacial score (nSPS) is 18.7. The molecular formula is C16H18FN3O3S. The second-order valence-electron chi connectivity index (χ2n) is 5.77. The smallest absolute Gasteiger partial charge is 0.245 e. The van der Waals surface area contributed by atoms with E-state index in [2.05, 4.69) is 10.2 Å². The van der Waals surface area contributed by atoms with Crippen LogP contribution in [-0.2, 0) is 10.0 Å². The molecule has 0 aliphatic carbocycles. The summed E-state index contributed by atoms with van der Waals surface area (Å²) in [4.78, 5) is -0.282. The van der Waals surface area contributed by atoms with Crippen molar-refractivity contribution in [2.75, 3.05) is 19.7 Å². The molecule has 24 heavy (non-hydrogen) atoms. The van der Waals surface area contributed by atoms with Gasteiger partial charge in [-0.25, -0.2) is 12.8 Å². The molecule has 6 nitrogen and oxygen atoms in total. The largest absolute Gasteiger partial charge is 0.476 e. The quantitative estimate of drug-likeness (QED) is 0.824. The number of nitrogens with zero attached hydrogens (tertiary/aromatic N) is 3. The molecule has 2 aromatic rings. The third-order valence-electron chi connectivity index (χ3n) is 3.94. The minimum Gasteiger partial charge on any atom is -0.476 e. The van der Waals surface area contributed by atoms with E-state index in [0.29, 0.717) is 32.0 Å². The van der Waals surface area contributed by atoms with Gasteiger partial charge in [-0.2, -0.15) is 9.40 Å². The molecule has 1 saturated heterocycles. The highest BCUT2D eigenvalue weighted by Crippen LogP contribution is 2.26. The van der Waals surface area contributed by atoms with Crippen molar-refractivity contribution in [1.82, 2.24) is 14.5 Å². The molecule has 1 aliphatic rings. The second-order valence-corrected chi connectivity index (χ2v) is 7.68. The number of benzene rings is 1. The molecule has 1 aromatic heterocycles. The van der Waals surface area contributed by atoms with Gasteiger partial charge in [0.2, 0.25) is 15.9 Å². The van der Waals surface area contributed by atoms with Gasteiger partial charge in [-0.3, -0.25) is 0 Å². The van der Waals surface area contributed by atoms with Crippen LogP contribution in [0.4, 0.5) is 4.39 Å². The molecule has 1 atom stereocenters. The highest BCUT2D eigenvalue weighted by atomic mass is 32.2. The predicted molar refractivity (Wildman–Crippen MR) is 85.5 cm³/mol. The maximum Gasteiger partial charge on any atom is 0.245 e. The molecule has 0 amide bonds. The van der Waals surface area contributed by atoms with Crippen molar-refractivity contribution in [3.63, 3.8) is 0 Å². The van der Waals surface area contributed by atoms with Crippen LogP contribution in [0.1, 0.15) is 12.1 Å². The van der Waals surface area contributed by atoms with Gasteiger partial charge >= 0.3 is 0 Å². The number of ether oxygens (including phenoxy) is 1. The molecule has 1 fully saturated rings. The number of sulfonamides is 1. The molecular weight excluding hydrogens is 333 g/mol. The van der Waals surface area contributed by atoms with Crippen LogP contribution in [-0.4, -0.2) is 42.6 Å². The molecule has 1 aromatic carbocycles. The summed E-state index contributed by atoms with van der Waals surface area (Å²) >= 11 is 0. The first-order chi connectivity index (χ1) is 11.5. The van der Waals surface area contributed by atoms with E-state index in [1.54, 1.807) is 12.1 Å². The SMILES string of the molecule is Cc1ccc(OCC2CCN(S(=O)(=O)c3ccccc3F)C2)nn1. The van der Waals surface area contributed by atoms with Crippen LogP contribution in [0.15, 0.2) is 41.3 Å². The van der Waals surface area contributed by atoms with Crippen LogP contribution < -0.4 is 4.74 Å². The number of hydrogen-bond acceptors (Lipinski definition) is 5. The number of aromatic nitrogens is 2. The molecule has 0 bridgehead atoms. The van der Waals surface area contributed by atoms with Gasteiger partial charge in [-0.1, -0.05) is 12.1 Å². The molecule has 2 heterocycles. The summed E-state index contributed by atoms with van der Waals surface area (Å²) in [6.45, 7) is 2.83. The van der Waals surface area contributed by atoms with Crippen molar-refractivity contribution in [2.45, 2.75) is 18.2 Å². The van der Waals surface area contributed by atoms with E-state index in [1.807, 2.05) is 6.92 Å². The van der Waals surface area contributed by atoms with Crippen molar-refractivity contribution < 1.29 is 17.5 Å². The fourth-order valence-corrected chi connectivity index (χ4v) is 4.21. The summed E-state index contributed by atoms with van der Waals surface area (Å²) in [5.74, 6) is -0.280. The molecule has 3 rings (SSSR count). The maximum absolute atomic E-state index is 13.8. The Hall–Kier alpha value is -2.06. The van der Waals surface area contributed by atoms with Crippen LogP contribution >= 0.6 is 0 Å². The van der Waals surface area contributed by atoms with E-state index in [1.165, 1.54) is 22.5 Å². The van der Waals surface area contributed by atoms with E-state index >= 15 is 0 Å². The molecule has 8 heteroatoms. The van der Waals surface area contributed by atoms with E-state index in [-0.39, 0.29) is 10.8 Å². The first-order valence-corrected chi connectivity index (χ1v) is 9.08. The Balaban J connectivity index is 1.62. The minimum atomic E-state index is -3.82. The molecule has 1 aliphatic heterocycles. The van der Waals surface area contributed by atoms with Crippen LogP contribution in [0.5, 0.6) is 5.88 Å². The lowest BCUT2D eigenvalue weighted by molar-refractivity contribution is 0.244. The fraction of sp³-hybridized carbons (Fsp3) is 0.375. The standard InChI is InChI=1S/C16H18FN3O3S/c1-12-6-7-16(19-18-12)23-11-13-8-9-20(10-13)24(21,22)15-5-3-2-4-14(15)17/h2-7,13H,8-11H2,1H3. The topological polar surface area (TPSA) is 72.4 Å². The van der Waals surface area contributed by atoms with Crippen LogP contribution in [0.3, 0.4) is 0 Å². The highest BCUT2D eigenvalue weighted by molar-refractivity contribution is 7.89. The first kappa shape index (κ1) is 16.8. The van der Waals surface area contributed by atoms with Gasteiger partial charge < -0.3 is 4.74 Å². The van der Waals surface area contributed by atoms with Gasteiger partial charge in [0.25, 0.3) is 0 Å². The van der Waals surface area contributed by atoms with Crippen molar-refractivity contribution in [2.24, 2.45) is 5.92 Å². The second kappa shape index (κ2) is 6.82. The van der Waals surface area contributed by atoms with Crippen molar-refractivity contribution >= 4 is 10.0 Å². The van der Waals surface area contributed by atoms with Gasteiger partial charge in [0, 0.05) is 25.1 Å². The number of hydrogen-bond donors (Lipinski definition) is 0. The number of aryl methyl sites for hydroxylation is 1. The molecule has 1 unspecified atom stereocenters. The Bertz CT molecular complexity index is 812. The zero-order valence-electron chi connectivity index (χ0n) is 13.2. The third-order valence-corrected chi connectivity index (χ3v) is 5.84. The van der Waals surface area contributed by atoms with Gasteiger partial charge in [-0.15, -0.1) is 5.10 Å². The Morgan fingerprint density at radius 3 is 2.75 bits per heavy atom. The summed E-state index contributed by atoms with van der Waals surface area (Å²) in [6, 6.07) is 8.95. The highest BCUT2D eigenvalue weighted by Gasteiger charge is 2.34. The Labute approximate surface area is 140 Å². The average Bonchev–Trinajstić information content (AvgIpc) is 3.04. The zero-order chi connectivity index (χ0) is 17.2. The lowest BCUT2D eigenvalue weighted by atomic mass is 10.1. The van der Waals surface area contributed by atoms with Crippen molar-refractivity contribution in [3.8, 4) is 5.88 Å². The van der Waals surface area contributed by atoms with Crippen LogP contribution in [0, 0.1) is 18.7 Å². The predicted octanol–water partition coefficient (Wildman–Crippen LogP) is 2.01. The summed E-state index contributed by atoms with van der Waals surface area (Å²) in [6.07, 6.45) is 0.660.